The van der Waals surface area contributed by atoms with Crippen molar-refractivity contribution in [2.75, 3.05) is 13.1 Å². The zero-order valence-electron chi connectivity index (χ0n) is 12.7. The predicted molar refractivity (Wildman–Crippen MR) is 81.3 cm³/mol. The Kier molecular flexibility index (Phi) is 6.61. The lowest BCUT2D eigenvalue weighted by molar-refractivity contribution is 0.0667. The van der Waals surface area contributed by atoms with Crippen molar-refractivity contribution in [3.63, 3.8) is 0 Å². The van der Waals surface area contributed by atoms with E-state index in [1.54, 1.807) is 0 Å². The first-order valence-corrected chi connectivity index (χ1v) is 7.53. The molecule has 2 nitrogen and oxygen atoms in total. The van der Waals surface area contributed by atoms with E-state index in [-0.39, 0.29) is 5.91 Å². The topological polar surface area (TPSA) is 20.3 Å². The summed E-state index contributed by atoms with van der Waals surface area (Å²) in [5.74, 6) is 1.71. The monoisotopic (exact) mass is 261 g/mol. The molecular formula is C17H27NO. The lowest BCUT2D eigenvalue weighted by Crippen LogP contribution is -2.39. The van der Waals surface area contributed by atoms with Crippen LogP contribution in [0.15, 0.2) is 30.3 Å². The van der Waals surface area contributed by atoms with Crippen LogP contribution in [0.2, 0.25) is 0 Å². The third-order valence-electron chi connectivity index (χ3n) is 3.79. The maximum Gasteiger partial charge on any atom is 0.253 e. The van der Waals surface area contributed by atoms with Crippen LogP contribution in [0.5, 0.6) is 0 Å². The van der Waals surface area contributed by atoms with Crippen LogP contribution in [-0.4, -0.2) is 23.9 Å². The van der Waals surface area contributed by atoms with Gasteiger partial charge in [-0.05, 0) is 36.8 Å². The minimum atomic E-state index is 0.188. The highest BCUT2D eigenvalue weighted by molar-refractivity contribution is 5.94. The molecule has 0 unspecified atom stereocenters. The van der Waals surface area contributed by atoms with E-state index < -0.39 is 0 Å². The SMILES string of the molecule is CC.CC(C)C1CCN(C(=O)c2ccccc2)CC1. The number of hydrogen-bond acceptors (Lipinski definition) is 1. The van der Waals surface area contributed by atoms with Gasteiger partial charge in [0.15, 0.2) is 0 Å². The third-order valence-corrected chi connectivity index (χ3v) is 3.79. The van der Waals surface area contributed by atoms with Crippen molar-refractivity contribution in [3.05, 3.63) is 35.9 Å². The molecule has 19 heavy (non-hydrogen) atoms. The van der Waals surface area contributed by atoms with E-state index in [0.29, 0.717) is 0 Å². The van der Waals surface area contributed by atoms with E-state index in [9.17, 15) is 4.79 Å². The molecule has 1 saturated heterocycles. The van der Waals surface area contributed by atoms with Crippen LogP contribution in [0.3, 0.4) is 0 Å². The van der Waals surface area contributed by atoms with Gasteiger partial charge in [0.1, 0.15) is 0 Å². The lowest BCUT2D eigenvalue weighted by Gasteiger charge is -2.33. The van der Waals surface area contributed by atoms with Crippen molar-refractivity contribution < 1.29 is 4.79 Å². The zero-order chi connectivity index (χ0) is 14.3. The number of rotatable bonds is 2. The van der Waals surface area contributed by atoms with Crippen LogP contribution in [0.4, 0.5) is 0 Å². The Hall–Kier alpha value is -1.31. The van der Waals surface area contributed by atoms with Crippen LogP contribution in [0.1, 0.15) is 50.9 Å². The largest absolute Gasteiger partial charge is 0.339 e. The molecule has 0 aromatic heterocycles. The first-order chi connectivity index (χ1) is 9.18. The Morgan fingerprint density at radius 1 is 1.11 bits per heavy atom. The molecule has 1 aromatic rings. The molecule has 106 valence electrons. The molecule has 0 atom stereocenters. The van der Waals surface area contributed by atoms with Crippen molar-refractivity contribution in [1.29, 1.82) is 0 Å². The number of carbonyl (C=O) groups excluding carboxylic acids is 1. The van der Waals surface area contributed by atoms with E-state index in [2.05, 4.69) is 13.8 Å². The van der Waals surface area contributed by atoms with Gasteiger partial charge in [-0.25, -0.2) is 0 Å². The van der Waals surface area contributed by atoms with E-state index in [1.165, 1.54) is 0 Å². The van der Waals surface area contributed by atoms with Crippen molar-refractivity contribution in [3.8, 4) is 0 Å². The molecule has 1 aliphatic heterocycles. The fourth-order valence-electron chi connectivity index (χ4n) is 2.53. The normalized spacial score (nSPS) is 15.9. The highest BCUT2D eigenvalue weighted by Crippen LogP contribution is 2.25. The standard InChI is InChI=1S/C15H21NO.C2H6/c1-12(2)13-8-10-16(11-9-13)15(17)14-6-4-3-5-7-14;1-2/h3-7,12-13H,8-11H2,1-2H3;1-2H3. The van der Waals surface area contributed by atoms with E-state index in [4.69, 9.17) is 0 Å². The Morgan fingerprint density at radius 3 is 2.11 bits per heavy atom. The molecule has 2 rings (SSSR count). The maximum atomic E-state index is 12.2. The summed E-state index contributed by atoms with van der Waals surface area (Å²) in [4.78, 5) is 14.2. The summed E-state index contributed by atoms with van der Waals surface area (Å²) >= 11 is 0. The van der Waals surface area contributed by atoms with Gasteiger partial charge in [-0.1, -0.05) is 45.9 Å². The van der Waals surface area contributed by atoms with E-state index in [0.717, 1.165) is 43.3 Å². The number of hydrogen-bond donors (Lipinski definition) is 0. The average Bonchev–Trinajstić information content (AvgIpc) is 2.49. The maximum absolute atomic E-state index is 12.2. The molecule has 1 fully saturated rings. The summed E-state index contributed by atoms with van der Waals surface area (Å²) in [7, 11) is 0. The van der Waals surface area contributed by atoms with Crippen LogP contribution < -0.4 is 0 Å². The lowest BCUT2D eigenvalue weighted by atomic mass is 9.86. The molecule has 1 amide bonds. The second-order valence-electron chi connectivity index (χ2n) is 5.24. The number of nitrogens with zero attached hydrogens (tertiary/aromatic N) is 1. The molecule has 1 aliphatic rings. The summed E-state index contributed by atoms with van der Waals surface area (Å²) in [5, 5.41) is 0. The van der Waals surface area contributed by atoms with Gasteiger partial charge in [0, 0.05) is 18.7 Å². The van der Waals surface area contributed by atoms with Crippen LogP contribution in [0, 0.1) is 11.8 Å². The number of carbonyl (C=O) groups is 1. The van der Waals surface area contributed by atoms with Gasteiger partial charge in [-0.3, -0.25) is 4.79 Å². The summed E-state index contributed by atoms with van der Waals surface area (Å²) in [6, 6.07) is 9.59. The molecular weight excluding hydrogens is 234 g/mol. The van der Waals surface area contributed by atoms with Crippen molar-refractivity contribution in [2.45, 2.75) is 40.5 Å². The smallest absolute Gasteiger partial charge is 0.253 e. The van der Waals surface area contributed by atoms with Crippen molar-refractivity contribution >= 4 is 5.91 Å². The second-order valence-corrected chi connectivity index (χ2v) is 5.24. The number of piperidine rings is 1. The summed E-state index contributed by atoms with van der Waals surface area (Å²) in [5.41, 5.74) is 0.815. The molecule has 0 saturated carbocycles. The van der Waals surface area contributed by atoms with Crippen molar-refractivity contribution in [1.82, 2.24) is 4.90 Å². The van der Waals surface area contributed by atoms with Crippen LogP contribution in [0.25, 0.3) is 0 Å². The van der Waals surface area contributed by atoms with Gasteiger partial charge in [-0.15, -0.1) is 0 Å². The summed E-state index contributed by atoms with van der Waals surface area (Å²) < 4.78 is 0. The van der Waals surface area contributed by atoms with Gasteiger partial charge in [0.25, 0.3) is 5.91 Å². The summed E-state index contributed by atoms with van der Waals surface area (Å²) in [6.45, 7) is 10.4. The Labute approximate surface area is 117 Å². The summed E-state index contributed by atoms with van der Waals surface area (Å²) in [6.07, 6.45) is 2.30. The van der Waals surface area contributed by atoms with Gasteiger partial charge in [0.2, 0.25) is 0 Å². The minimum absolute atomic E-state index is 0.188. The van der Waals surface area contributed by atoms with Crippen LogP contribution >= 0.6 is 0 Å². The number of amides is 1. The molecule has 0 radical (unpaired) electrons. The Balaban J connectivity index is 0.000000861. The Bertz CT molecular complexity index is 364. The Morgan fingerprint density at radius 2 is 1.63 bits per heavy atom. The molecule has 0 spiro atoms. The fourth-order valence-corrected chi connectivity index (χ4v) is 2.53. The average molecular weight is 261 g/mol. The fraction of sp³-hybridized carbons (Fsp3) is 0.588. The van der Waals surface area contributed by atoms with Crippen molar-refractivity contribution in [2.24, 2.45) is 11.8 Å². The molecule has 1 aromatic carbocycles. The molecule has 1 heterocycles. The van der Waals surface area contributed by atoms with Gasteiger partial charge < -0.3 is 4.90 Å². The first kappa shape index (κ1) is 15.7. The zero-order valence-corrected chi connectivity index (χ0v) is 12.7. The van der Waals surface area contributed by atoms with Crippen LogP contribution in [-0.2, 0) is 0 Å². The predicted octanol–water partition coefficient (Wildman–Crippen LogP) is 4.22. The highest BCUT2D eigenvalue weighted by atomic mass is 16.2. The molecule has 0 aliphatic carbocycles. The van der Waals surface area contributed by atoms with E-state index in [1.807, 2.05) is 49.1 Å². The molecule has 0 bridgehead atoms. The van der Waals surface area contributed by atoms with Gasteiger partial charge in [-0.2, -0.15) is 0 Å². The molecule has 2 heteroatoms. The first-order valence-electron chi connectivity index (χ1n) is 7.53. The number of likely N-dealkylation sites (tertiary alicyclic amines) is 1. The van der Waals surface area contributed by atoms with Gasteiger partial charge in [0.05, 0.1) is 0 Å². The second kappa shape index (κ2) is 7.98. The third kappa shape index (κ3) is 4.38. The van der Waals surface area contributed by atoms with E-state index >= 15 is 0 Å². The quantitative estimate of drug-likeness (QED) is 0.780. The highest BCUT2D eigenvalue weighted by Gasteiger charge is 2.24. The van der Waals surface area contributed by atoms with Gasteiger partial charge >= 0.3 is 0 Å². The minimum Gasteiger partial charge on any atom is -0.339 e. The number of benzene rings is 1. The molecule has 0 N–H and O–H groups in total.